The monoisotopic (exact) mass is 421 g/mol. The molecule has 4 nitrogen and oxygen atoms in total. The highest BCUT2D eigenvalue weighted by atomic mass is 79.9. The zero-order valence-electron chi connectivity index (χ0n) is 11.1. The molecule has 0 aliphatic rings. The van der Waals surface area contributed by atoms with E-state index in [-0.39, 0.29) is 0 Å². The largest absolute Gasteiger partial charge is 0.362 e. The van der Waals surface area contributed by atoms with E-state index in [1.165, 1.54) is 6.20 Å². The van der Waals surface area contributed by atoms with E-state index < -0.39 is 15.9 Å². The number of rotatable bonds is 4. The molecule has 0 unspecified atom stereocenters. The third-order valence-corrected chi connectivity index (χ3v) is 3.87. The summed E-state index contributed by atoms with van der Waals surface area (Å²) in [6.45, 7) is 0. The van der Waals surface area contributed by atoms with E-state index in [1.807, 2.05) is 12.1 Å². The number of amides is 1. The summed E-state index contributed by atoms with van der Waals surface area (Å²) in [6.07, 6.45) is 2.10. The average molecular weight is 424 g/mol. The van der Waals surface area contributed by atoms with Crippen LogP contribution in [-0.2, 0) is 0 Å². The number of anilines is 1. The van der Waals surface area contributed by atoms with Gasteiger partial charge < -0.3 is 10.6 Å². The summed E-state index contributed by atoms with van der Waals surface area (Å²) in [5.74, 6) is -0.394. The molecule has 116 valence electrons. The molecule has 22 heavy (non-hydrogen) atoms. The van der Waals surface area contributed by atoms with Crippen LogP contribution < -0.4 is 10.6 Å². The Morgan fingerprint density at radius 1 is 1.18 bits per heavy atom. The van der Waals surface area contributed by atoms with Crippen molar-refractivity contribution in [3.8, 4) is 0 Å². The highest BCUT2D eigenvalue weighted by molar-refractivity contribution is 9.10. The number of alkyl halides is 3. The van der Waals surface area contributed by atoms with Crippen LogP contribution in [0.3, 0.4) is 0 Å². The first-order valence-electron chi connectivity index (χ1n) is 6.16. The smallest absolute Gasteiger partial charge is 0.254 e. The van der Waals surface area contributed by atoms with Crippen LogP contribution in [0.5, 0.6) is 0 Å². The molecule has 1 atom stereocenters. The van der Waals surface area contributed by atoms with Crippen LogP contribution in [-0.4, -0.2) is 20.8 Å². The van der Waals surface area contributed by atoms with Crippen molar-refractivity contribution in [3.05, 3.63) is 58.8 Å². The second-order valence-corrected chi connectivity index (χ2v) is 7.63. The van der Waals surface area contributed by atoms with Gasteiger partial charge in [0.1, 0.15) is 6.17 Å². The molecule has 8 heteroatoms. The summed E-state index contributed by atoms with van der Waals surface area (Å²) >= 11 is 21.2. The van der Waals surface area contributed by atoms with Gasteiger partial charge in [-0.1, -0.05) is 50.7 Å². The minimum atomic E-state index is -1.73. The van der Waals surface area contributed by atoms with E-state index in [4.69, 9.17) is 34.8 Å². The summed E-state index contributed by atoms with van der Waals surface area (Å²) in [4.78, 5) is 16.1. The Hall–Kier alpha value is -1.01. The zero-order valence-corrected chi connectivity index (χ0v) is 14.9. The minimum Gasteiger partial charge on any atom is -0.362 e. The maximum atomic E-state index is 12.2. The number of pyridine rings is 1. The zero-order chi connectivity index (χ0) is 16.2. The molecule has 0 radical (unpaired) electrons. The fraction of sp³-hybridized carbons (Fsp3) is 0.143. The van der Waals surface area contributed by atoms with Crippen LogP contribution in [0.15, 0.2) is 53.3 Å². The van der Waals surface area contributed by atoms with Crippen molar-refractivity contribution in [3.63, 3.8) is 0 Å². The first kappa shape index (κ1) is 17.3. The van der Waals surface area contributed by atoms with E-state index >= 15 is 0 Å². The maximum absolute atomic E-state index is 12.2. The van der Waals surface area contributed by atoms with Gasteiger partial charge in [-0.15, -0.1) is 0 Å². The number of nitrogens with zero attached hydrogens (tertiary/aromatic N) is 1. The number of benzene rings is 1. The molecule has 0 spiro atoms. The quantitative estimate of drug-likeness (QED) is 0.567. The van der Waals surface area contributed by atoms with Crippen LogP contribution in [0.4, 0.5) is 5.69 Å². The normalized spacial score (nSPS) is 12.5. The number of carbonyl (C=O) groups is 1. The molecule has 1 aromatic heterocycles. The van der Waals surface area contributed by atoms with Crippen LogP contribution in [0.1, 0.15) is 10.4 Å². The fourth-order valence-electron chi connectivity index (χ4n) is 1.62. The second kappa shape index (κ2) is 7.51. The molecular formula is C14H11BrCl3N3O. The summed E-state index contributed by atoms with van der Waals surface area (Å²) in [5.41, 5.74) is 1.07. The summed E-state index contributed by atoms with van der Waals surface area (Å²) in [5, 5.41) is 5.62. The first-order chi connectivity index (χ1) is 10.4. The predicted octanol–water partition coefficient (Wildman–Crippen LogP) is 4.38. The lowest BCUT2D eigenvalue weighted by molar-refractivity contribution is 0.0941. The molecule has 0 saturated heterocycles. The molecule has 2 aromatic rings. The van der Waals surface area contributed by atoms with Gasteiger partial charge in [0.25, 0.3) is 5.91 Å². The lowest BCUT2D eigenvalue weighted by Gasteiger charge is -2.27. The number of hydrogen-bond donors (Lipinski definition) is 2. The van der Waals surface area contributed by atoms with Crippen molar-refractivity contribution in [1.29, 1.82) is 0 Å². The van der Waals surface area contributed by atoms with Crippen molar-refractivity contribution in [2.75, 3.05) is 5.32 Å². The minimum absolute atomic E-state index is 0.374. The second-order valence-electron chi connectivity index (χ2n) is 4.34. The van der Waals surface area contributed by atoms with E-state index in [2.05, 4.69) is 31.5 Å². The Kier molecular flexibility index (Phi) is 5.92. The van der Waals surface area contributed by atoms with Crippen molar-refractivity contribution >= 4 is 62.3 Å². The topological polar surface area (TPSA) is 54.0 Å². The van der Waals surface area contributed by atoms with E-state index in [0.717, 1.165) is 4.47 Å². The van der Waals surface area contributed by atoms with Gasteiger partial charge in [0.05, 0.1) is 5.56 Å². The van der Waals surface area contributed by atoms with Gasteiger partial charge >= 0.3 is 0 Å². The molecule has 0 aliphatic carbocycles. The van der Waals surface area contributed by atoms with Gasteiger partial charge in [-0.3, -0.25) is 9.78 Å². The van der Waals surface area contributed by atoms with Crippen molar-refractivity contribution < 1.29 is 4.79 Å². The Labute approximate surface area is 151 Å². The third-order valence-electron chi connectivity index (χ3n) is 2.68. The summed E-state index contributed by atoms with van der Waals surface area (Å²) in [7, 11) is 0. The highest BCUT2D eigenvalue weighted by Crippen LogP contribution is 2.31. The van der Waals surface area contributed by atoms with Crippen LogP contribution in [0.2, 0.25) is 0 Å². The molecule has 2 rings (SSSR count). The van der Waals surface area contributed by atoms with Gasteiger partial charge in [-0.05, 0) is 36.4 Å². The fourth-order valence-corrected chi connectivity index (χ4v) is 2.22. The highest BCUT2D eigenvalue weighted by Gasteiger charge is 2.34. The molecule has 0 saturated carbocycles. The Morgan fingerprint density at radius 2 is 1.86 bits per heavy atom. The van der Waals surface area contributed by atoms with Crippen LogP contribution in [0, 0.1) is 0 Å². The first-order valence-corrected chi connectivity index (χ1v) is 8.08. The number of nitrogens with one attached hydrogen (secondary N) is 2. The Bertz CT molecular complexity index is 632. The number of halogens is 4. The van der Waals surface area contributed by atoms with Gasteiger partial charge in [0.15, 0.2) is 0 Å². The lowest BCUT2D eigenvalue weighted by atomic mass is 10.2. The molecule has 0 fully saturated rings. The van der Waals surface area contributed by atoms with Crippen molar-refractivity contribution in [2.24, 2.45) is 0 Å². The number of hydrogen-bond acceptors (Lipinski definition) is 3. The van der Waals surface area contributed by atoms with Gasteiger partial charge in [0.2, 0.25) is 3.79 Å². The molecular weight excluding hydrogens is 412 g/mol. The summed E-state index contributed by atoms with van der Waals surface area (Å²) in [6, 6.07) is 10.5. The number of carbonyl (C=O) groups excluding carboxylic acids is 1. The summed E-state index contributed by atoms with van der Waals surface area (Å²) < 4.78 is -0.812. The lowest BCUT2D eigenvalue weighted by Crippen LogP contribution is -2.49. The molecule has 2 N–H and O–H groups in total. The van der Waals surface area contributed by atoms with E-state index in [9.17, 15) is 4.79 Å². The molecule has 0 aliphatic heterocycles. The molecule has 0 bridgehead atoms. The van der Waals surface area contributed by atoms with Crippen molar-refractivity contribution in [2.45, 2.75) is 9.96 Å². The van der Waals surface area contributed by atoms with E-state index in [0.29, 0.717) is 11.3 Å². The average Bonchev–Trinajstić information content (AvgIpc) is 2.48. The van der Waals surface area contributed by atoms with Gasteiger partial charge in [0, 0.05) is 22.6 Å². The molecule has 1 heterocycles. The Balaban J connectivity index is 2.13. The SMILES string of the molecule is O=C(N[C@H](Nc1ccc(Br)cc1)C(Cl)(Cl)Cl)c1cccnc1. The standard InChI is InChI=1S/C14H11BrCl3N3O/c15-10-3-5-11(6-4-10)20-13(14(16,17)18)21-12(22)9-2-1-7-19-8-9/h1-8,13,20H,(H,21,22)/t13-/m0/s1. The van der Waals surface area contributed by atoms with Crippen molar-refractivity contribution in [1.82, 2.24) is 10.3 Å². The maximum Gasteiger partial charge on any atom is 0.254 e. The molecule has 1 amide bonds. The van der Waals surface area contributed by atoms with Gasteiger partial charge in [-0.2, -0.15) is 0 Å². The third kappa shape index (κ3) is 5.02. The van der Waals surface area contributed by atoms with Crippen LogP contribution >= 0.6 is 50.7 Å². The van der Waals surface area contributed by atoms with Gasteiger partial charge in [-0.25, -0.2) is 0 Å². The van der Waals surface area contributed by atoms with E-state index in [1.54, 1.807) is 30.5 Å². The Morgan fingerprint density at radius 3 is 2.41 bits per heavy atom. The molecule has 1 aromatic carbocycles. The number of aromatic nitrogens is 1. The predicted molar refractivity (Wildman–Crippen MR) is 93.5 cm³/mol. The van der Waals surface area contributed by atoms with Crippen LogP contribution in [0.25, 0.3) is 0 Å².